The number of hydrogen-bond donors (Lipinski definition) is 1. The molecular formula is C11H23NO2S. The lowest BCUT2D eigenvalue weighted by atomic mass is 10.1. The quantitative estimate of drug-likeness (QED) is 0.683. The standard InChI is InChI=1S/C11H23NO2S/c1-6-14-10(13)7-9(2)12-8-11(3,4)15-5/h9,12H,6-8H2,1-5H3. The number of nitrogens with one attached hydrogen (secondary N) is 1. The molecule has 0 saturated heterocycles. The summed E-state index contributed by atoms with van der Waals surface area (Å²) in [5.41, 5.74) is 0. The maximum absolute atomic E-state index is 11.2. The Morgan fingerprint density at radius 3 is 2.60 bits per heavy atom. The van der Waals surface area contributed by atoms with E-state index < -0.39 is 0 Å². The molecular weight excluding hydrogens is 210 g/mol. The van der Waals surface area contributed by atoms with Gasteiger partial charge in [0.25, 0.3) is 0 Å². The second-order valence-electron chi connectivity index (χ2n) is 4.25. The first kappa shape index (κ1) is 14.8. The van der Waals surface area contributed by atoms with E-state index in [-0.39, 0.29) is 16.8 Å². The summed E-state index contributed by atoms with van der Waals surface area (Å²) in [5.74, 6) is -0.126. The van der Waals surface area contributed by atoms with Crippen molar-refractivity contribution in [3.8, 4) is 0 Å². The molecule has 0 bridgehead atoms. The molecule has 3 nitrogen and oxygen atoms in total. The Bertz CT molecular complexity index is 195. The molecule has 1 atom stereocenters. The summed E-state index contributed by atoms with van der Waals surface area (Å²) in [6.07, 6.45) is 2.54. The van der Waals surface area contributed by atoms with E-state index in [2.05, 4.69) is 25.4 Å². The van der Waals surface area contributed by atoms with Crippen LogP contribution in [-0.4, -0.2) is 36.2 Å². The van der Waals surface area contributed by atoms with Crippen LogP contribution in [0, 0.1) is 0 Å². The van der Waals surface area contributed by atoms with Gasteiger partial charge in [0.1, 0.15) is 0 Å². The maximum atomic E-state index is 11.2. The Morgan fingerprint density at radius 2 is 2.13 bits per heavy atom. The van der Waals surface area contributed by atoms with Crippen molar-refractivity contribution in [1.29, 1.82) is 0 Å². The minimum absolute atomic E-state index is 0.126. The van der Waals surface area contributed by atoms with E-state index in [0.29, 0.717) is 13.0 Å². The molecule has 0 rings (SSSR count). The molecule has 90 valence electrons. The van der Waals surface area contributed by atoms with Crippen LogP contribution in [0.5, 0.6) is 0 Å². The summed E-state index contributed by atoms with van der Waals surface area (Å²) in [4.78, 5) is 11.2. The van der Waals surface area contributed by atoms with Gasteiger partial charge in [-0.3, -0.25) is 4.79 Å². The van der Waals surface area contributed by atoms with Gasteiger partial charge in [-0.15, -0.1) is 0 Å². The topological polar surface area (TPSA) is 38.3 Å². The van der Waals surface area contributed by atoms with Crippen molar-refractivity contribution in [2.45, 2.75) is 44.9 Å². The van der Waals surface area contributed by atoms with Crippen LogP contribution in [0.4, 0.5) is 0 Å². The Labute approximate surface area is 97.3 Å². The monoisotopic (exact) mass is 233 g/mol. The van der Waals surface area contributed by atoms with Gasteiger partial charge in [-0.25, -0.2) is 0 Å². The highest BCUT2D eigenvalue weighted by atomic mass is 32.2. The van der Waals surface area contributed by atoms with E-state index in [1.165, 1.54) is 0 Å². The van der Waals surface area contributed by atoms with Crippen molar-refractivity contribution >= 4 is 17.7 Å². The fraction of sp³-hybridized carbons (Fsp3) is 0.909. The summed E-state index contributed by atoms with van der Waals surface area (Å²) < 4.78 is 5.10. The zero-order chi connectivity index (χ0) is 11.9. The second-order valence-corrected chi connectivity index (χ2v) is 5.77. The first-order valence-corrected chi connectivity index (χ1v) is 6.58. The predicted octanol–water partition coefficient (Wildman–Crippen LogP) is 2.06. The lowest BCUT2D eigenvalue weighted by Gasteiger charge is -2.24. The summed E-state index contributed by atoms with van der Waals surface area (Å²) in [6, 6.07) is 0.176. The molecule has 0 aromatic rings. The predicted molar refractivity (Wildman–Crippen MR) is 66.3 cm³/mol. The molecule has 0 saturated carbocycles. The smallest absolute Gasteiger partial charge is 0.307 e. The van der Waals surface area contributed by atoms with E-state index in [0.717, 1.165) is 6.54 Å². The fourth-order valence-corrected chi connectivity index (χ4v) is 1.26. The van der Waals surface area contributed by atoms with E-state index in [1.807, 2.05) is 25.6 Å². The Morgan fingerprint density at radius 1 is 1.53 bits per heavy atom. The van der Waals surface area contributed by atoms with Crippen molar-refractivity contribution in [3.63, 3.8) is 0 Å². The largest absolute Gasteiger partial charge is 0.466 e. The van der Waals surface area contributed by atoms with E-state index in [4.69, 9.17) is 4.74 Å². The van der Waals surface area contributed by atoms with Gasteiger partial charge < -0.3 is 10.1 Å². The zero-order valence-corrected chi connectivity index (χ0v) is 11.2. The number of thioether (sulfide) groups is 1. The van der Waals surface area contributed by atoms with Gasteiger partial charge in [0.05, 0.1) is 13.0 Å². The van der Waals surface area contributed by atoms with Gasteiger partial charge in [-0.2, -0.15) is 11.8 Å². The average molecular weight is 233 g/mol. The molecule has 0 aromatic heterocycles. The number of esters is 1. The highest BCUT2D eigenvalue weighted by molar-refractivity contribution is 7.99. The minimum atomic E-state index is -0.126. The summed E-state index contributed by atoms with van der Waals surface area (Å²) in [5, 5.41) is 3.34. The Hall–Kier alpha value is -0.220. The van der Waals surface area contributed by atoms with Gasteiger partial charge in [0.15, 0.2) is 0 Å². The Balaban J connectivity index is 3.75. The molecule has 0 fully saturated rings. The lowest BCUT2D eigenvalue weighted by Crippen LogP contribution is -2.38. The number of rotatable bonds is 7. The van der Waals surface area contributed by atoms with Crippen molar-refractivity contribution in [2.75, 3.05) is 19.4 Å². The van der Waals surface area contributed by atoms with Gasteiger partial charge in [0, 0.05) is 17.3 Å². The van der Waals surface area contributed by atoms with Crippen LogP contribution >= 0.6 is 11.8 Å². The number of carbonyl (C=O) groups excluding carboxylic acids is 1. The van der Waals surface area contributed by atoms with Crippen LogP contribution in [0.3, 0.4) is 0 Å². The SMILES string of the molecule is CCOC(=O)CC(C)NCC(C)(C)SC. The normalized spacial score (nSPS) is 13.7. The first-order valence-electron chi connectivity index (χ1n) is 5.35. The molecule has 0 aliphatic heterocycles. The number of ether oxygens (including phenoxy) is 1. The van der Waals surface area contributed by atoms with Crippen molar-refractivity contribution in [3.05, 3.63) is 0 Å². The number of carbonyl (C=O) groups is 1. The third-order valence-electron chi connectivity index (χ3n) is 2.21. The average Bonchev–Trinajstić information content (AvgIpc) is 2.15. The summed E-state index contributed by atoms with van der Waals surface area (Å²) >= 11 is 1.82. The fourth-order valence-electron chi connectivity index (χ4n) is 1.03. The van der Waals surface area contributed by atoms with Gasteiger partial charge in [-0.05, 0) is 34.0 Å². The van der Waals surface area contributed by atoms with Crippen LogP contribution < -0.4 is 5.32 Å². The van der Waals surface area contributed by atoms with Crippen LogP contribution in [0.2, 0.25) is 0 Å². The number of hydrogen-bond acceptors (Lipinski definition) is 4. The van der Waals surface area contributed by atoms with E-state index >= 15 is 0 Å². The van der Waals surface area contributed by atoms with Gasteiger partial charge in [-0.1, -0.05) is 0 Å². The van der Waals surface area contributed by atoms with Crippen LogP contribution in [0.25, 0.3) is 0 Å². The molecule has 0 aromatic carbocycles. The lowest BCUT2D eigenvalue weighted by molar-refractivity contribution is -0.143. The highest BCUT2D eigenvalue weighted by Crippen LogP contribution is 2.19. The van der Waals surface area contributed by atoms with Crippen LogP contribution in [0.15, 0.2) is 0 Å². The highest BCUT2D eigenvalue weighted by Gasteiger charge is 2.17. The third kappa shape index (κ3) is 7.68. The van der Waals surface area contributed by atoms with Gasteiger partial charge in [0.2, 0.25) is 0 Å². The van der Waals surface area contributed by atoms with E-state index in [9.17, 15) is 4.79 Å². The molecule has 0 heterocycles. The molecule has 0 radical (unpaired) electrons. The summed E-state index contributed by atoms with van der Waals surface area (Å²) in [6.45, 7) is 9.56. The summed E-state index contributed by atoms with van der Waals surface area (Å²) in [7, 11) is 0. The molecule has 0 aliphatic carbocycles. The molecule has 1 N–H and O–H groups in total. The molecule has 0 aliphatic rings. The Kier molecular flexibility index (Phi) is 7.02. The first-order chi connectivity index (χ1) is 6.91. The zero-order valence-electron chi connectivity index (χ0n) is 10.4. The van der Waals surface area contributed by atoms with Gasteiger partial charge >= 0.3 is 5.97 Å². The van der Waals surface area contributed by atoms with Crippen molar-refractivity contribution in [2.24, 2.45) is 0 Å². The second kappa shape index (κ2) is 7.12. The maximum Gasteiger partial charge on any atom is 0.307 e. The van der Waals surface area contributed by atoms with E-state index in [1.54, 1.807) is 0 Å². The molecule has 0 amide bonds. The molecule has 1 unspecified atom stereocenters. The van der Waals surface area contributed by atoms with Crippen molar-refractivity contribution < 1.29 is 9.53 Å². The minimum Gasteiger partial charge on any atom is -0.466 e. The van der Waals surface area contributed by atoms with Crippen LogP contribution in [-0.2, 0) is 9.53 Å². The van der Waals surface area contributed by atoms with Crippen molar-refractivity contribution in [1.82, 2.24) is 5.32 Å². The third-order valence-corrected chi connectivity index (χ3v) is 3.46. The molecule has 15 heavy (non-hydrogen) atoms. The van der Waals surface area contributed by atoms with Crippen LogP contribution in [0.1, 0.15) is 34.1 Å². The molecule has 0 spiro atoms. The molecule has 4 heteroatoms.